The van der Waals surface area contributed by atoms with Gasteiger partial charge in [0.1, 0.15) is 0 Å². The Labute approximate surface area is 171 Å². The van der Waals surface area contributed by atoms with Crippen molar-refractivity contribution in [3.05, 3.63) is 90.0 Å². The molecule has 0 atom stereocenters. The number of benzene rings is 3. The molecule has 5 nitrogen and oxygen atoms in total. The van der Waals surface area contributed by atoms with Crippen LogP contribution in [0.2, 0.25) is 0 Å². The van der Waals surface area contributed by atoms with Gasteiger partial charge in [0.25, 0.3) is 5.91 Å². The molecule has 0 spiro atoms. The molecule has 3 rings (SSSR count). The summed E-state index contributed by atoms with van der Waals surface area (Å²) in [4.78, 5) is 11.8. The van der Waals surface area contributed by atoms with Crippen LogP contribution in [0.25, 0.3) is 0 Å². The Balaban J connectivity index is 1.46. The molecule has 0 bridgehead atoms. The molecule has 0 radical (unpaired) electrons. The Hall–Kier alpha value is -3.81. The summed E-state index contributed by atoms with van der Waals surface area (Å²) in [6, 6.07) is 21.8. The van der Waals surface area contributed by atoms with Crippen molar-refractivity contribution in [2.45, 2.75) is 6.18 Å². The third-order valence-electron chi connectivity index (χ3n) is 4.02. The van der Waals surface area contributed by atoms with Gasteiger partial charge in [-0.25, -0.2) is 5.43 Å². The van der Waals surface area contributed by atoms with Crippen LogP contribution in [0.3, 0.4) is 0 Å². The molecule has 30 heavy (non-hydrogen) atoms. The number of carbonyl (C=O) groups is 1. The number of amides is 1. The highest BCUT2D eigenvalue weighted by atomic mass is 19.4. The summed E-state index contributed by atoms with van der Waals surface area (Å²) in [6.07, 6.45) is -2.95. The second-order valence-corrected chi connectivity index (χ2v) is 6.34. The maximum atomic E-state index is 12.7. The van der Waals surface area contributed by atoms with E-state index in [0.29, 0.717) is 0 Å². The van der Waals surface area contributed by atoms with Crippen LogP contribution >= 0.6 is 0 Å². The van der Waals surface area contributed by atoms with Gasteiger partial charge >= 0.3 is 6.18 Å². The number of rotatable bonds is 7. The minimum Gasteiger partial charge on any atom is -0.376 e. The first kappa shape index (κ1) is 20.9. The zero-order valence-corrected chi connectivity index (χ0v) is 15.8. The summed E-state index contributed by atoms with van der Waals surface area (Å²) in [6.45, 7) is -0.210. The highest BCUT2D eigenvalue weighted by molar-refractivity contribution is 5.84. The van der Waals surface area contributed by atoms with E-state index in [1.807, 2.05) is 54.6 Å². The van der Waals surface area contributed by atoms with Gasteiger partial charge in [0.05, 0.1) is 18.3 Å². The lowest BCUT2D eigenvalue weighted by Gasteiger charge is -2.10. The fourth-order valence-corrected chi connectivity index (χ4v) is 2.55. The van der Waals surface area contributed by atoms with Gasteiger partial charge in [-0.05, 0) is 48.0 Å². The van der Waals surface area contributed by atoms with Gasteiger partial charge < -0.3 is 10.6 Å². The summed E-state index contributed by atoms with van der Waals surface area (Å²) in [5, 5.41) is 9.76. The molecule has 0 saturated carbocycles. The number of anilines is 3. The lowest BCUT2D eigenvalue weighted by molar-refractivity contribution is -0.137. The van der Waals surface area contributed by atoms with Crippen LogP contribution < -0.4 is 16.1 Å². The van der Waals surface area contributed by atoms with E-state index in [1.165, 1.54) is 18.3 Å². The molecular weight excluding hydrogens is 393 g/mol. The Morgan fingerprint density at radius 1 is 0.867 bits per heavy atom. The van der Waals surface area contributed by atoms with Crippen molar-refractivity contribution in [3.63, 3.8) is 0 Å². The molecule has 0 fully saturated rings. The molecule has 0 saturated heterocycles. The molecule has 3 aromatic rings. The minimum absolute atomic E-state index is 0.199. The van der Waals surface area contributed by atoms with E-state index >= 15 is 0 Å². The molecule has 3 aromatic carbocycles. The summed E-state index contributed by atoms with van der Waals surface area (Å²) in [5.74, 6) is -0.481. The minimum atomic E-state index is -4.43. The SMILES string of the molecule is O=C(CNc1cccc(C(F)(F)F)c1)N/N=C\c1ccc(Nc2ccccc2)cc1. The fraction of sp³-hybridized carbons (Fsp3) is 0.0909. The van der Waals surface area contributed by atoms with Crippen molar-refractivity contribution in [1.29, 1.82) is 0 Å². The fourth-order valence-electron chi connectivity index (χ4n) is 2.55. The lowest BCUT2D eigenvalue weighted by Crippen LogP contribution is -2.26. The number of halogens is 3. The van der Waals surface area contributed by atoms with Gasteiger partial charge in [0.2, 0.25) is 0 Å². The van der Waals surface area contributed by atoms with E-state index in [0.717, 1.165) is 29.1 Å². The molecule has 0 heterocycles. The molecular formula is C22H19F3N4O. The molecule has 3 N–H and O–H groups in total. The Morgan fingerprint density at radius 2 is 1.53 bits per heavy atom. The van der Waals surface area contributed by atoms with E-state index in [2.05, 4.69) is 21.2 Å². The molecule has 0 unspecified atom stereocenters. The number of para-hydroxylation sites is 1. The first-order valence-electron chi connectivity index (χ1n) is 9.05. The molecule has 154 valence electrons. The van der Waals surface area contributed by atoms with E-state index in [1.54, 1.807) is 0 Å². The van der Waals surface area contributed by atoms with E-state index in [9.17, 15) is 18.0 Å². The van der Waals surface area contributed by atoms with Crippen LogP contribution in [0.15, 0.2) is 84.0 Å². The van der Waals surface area contributed by atoms with Crippen LogP contribution in [0.4, 0.5) is 30.2 Å². The van der Waals surface area contributed by atoms with E-state index < -0.39 is 17.6 Å². The summed E-state index contributed by atoms with van der Waals surface area (Å²) in [5.41, 5.74) is 4.41. The topological polar surface area (TPSA) is 65.5 Å². The highest BCUT2D eigenvalue weighted by Crippen LogP contribution is 2.30. The molecule has 8 heteroatoms. The van der Waals surface area contributed by atoms with Crippen molar-refractivity contribution in [2.24, 2.45) is 5.10 Å². The van der Waals surface area contributed by atoms with Crippen molar-refractivity contribution < 1.29 is 18.0 Å². The highest BCUT2D eigenvalue weighted by Gasteiger charge is 2.30. The first-order valence-corrected chi connectivity index (χ1v) is 9.05. The van der Waals surface area contributed by atoms with Crippen molar-refractivity contribution >= 4 is 29.2 Å². The molecule has 0 aliphatic carbocycles. The van der Waals surface area contributed by atoms with Crippen LogP contribution in [-0.4, -0.2) is 18.7 Å². The predicted molar refractivity (Wildman–Crippen MR) is 112 cm³/mol. The van der Waals surface area contributed by atoms with Crippen LogP contribution in [0.1, 0.15) is 11.1 Å². The maximum absolute atomic E-state index is 12.7. The van der Waals surface area contributed by atoms with Gasteiger partial charge in [-0.3, -0.25) is 4.79 Å². The number of nitrogens with one attached hydrogen (secondary N) is 3. The monoisotopic (exact) mass is 412 g/mol. The second-order valence-electron chi connectivity index (χ2n) is 6.34. The Morgan fingerprint density at radius 3 is 2.23 bits per heavy atom. The van der Waals surface area contributed by atoms with Crippen molar-refractivity contribution in [3.8, 4) is 0 Å². The first-order chi connectivity index (χ1) is 14.4. The standard InChI is InChI=1S/C22H19F3N4O/c23-22(24,25)17-5-4-8-20(13-17)26-15-21(30)29-27-14-16-9-11-19(12-10-16)28-18-6-2-1-3-7-18/h1-14,26,28H,15H2,(H,29,30)/b27-14-. The largest absolute Gasteiger partial charge is 0.416 e. The maximum Gasteiger partial charge on any atom is 0.416 e. The van der Waals surface area contributed by atoms with E-state index in [4.69, 9.17) is 0 Å². The van der Waals surface area contributed by atoms with Crippen LogP contribution in [0.5, 0.6) is 0 Å². The summed E-state index contributed by atoms with van der Waals surface area (Å²) >= 11 is 0. The number of alkyl halides is 3. The van der Waals surface area contributed by atoms with Gasteiger partial charge in [-0.1, -0.05) is 36.4 Å². The zero-order valence-electron chi connectivity index (χ0n) is 15.8. The average Bonchev–Trinajstić information content (AvgIpc) is 2.74. The van der Waals surface area contributed by atoms with Gasteiger partial charge in [-0.2, -0.15) is 18.3 Å². The summed E-state index contributed by atoms with van der Waals surface area (Å²) < 4.78 is 38.1. The molecule has 0 aromatic heterocycles. The van der Waals surface area contributed by atoms with Gasteiger partial charge in [0, 0.05) is 17.1 Å². The predicted octanol–water partition coefficient (Wildman–Crippen LogP) is 5.01. The summed E-state index contributed by atoms with van der Waals surface area (Å²) in [7, 11) is 0. The second kappa shape index (κ2) is 9.60. The number of carbonyl (C=O) groups excluding carboxylic acids is 1. The van der Waals surface area contributed by atoms with Gasteiger partial charge in [-0.15, -0.1) is 0 Å². The van der Waals surface area contributed by atoms with Crippen molar-refractivity contribution in [1.82, 2.24) is 5.43 Å². The zero-order chi connectivity index (χ0) is 21.4. The lowest BCUT2D eigenvalue weighted by atomic mass is 10.2. The third-order valence-corrected chi connectivity index (χ3v) is 4.02. The van der Waals surface area contributed by atoms with Crippen LogP contribution in [-0.2, 0) is 11.0 Å². The Kier molecular flexibility index (Phi) is 6.69. The van der Waals surface area contributed by atoms with E-state index in [-0.39, 0.29) is 12.2 Å². The molecule has 1 amide bonds. The number of nitrogens with zero attached hydrogens (tertiary/aromatic N) is 1. The number of hydrogen-bond donors (Lipinski definition) is 3. The average molecular weight is 412 g/mol. The number of hydrogen-bond acceptors (Lipinski definition) is 4. The quantitative estimate of drug-likeness (QED) is 0.378. The third kappa shape index (κ3) is 6.37. The normalized spacial score (nSPS) is 11.3. The van der Waals surface area contributed by atoms with Gasteiger partial charge in [0.15, 0.2) is 0 Å². The molecule has 0 aliphatic heterocycles. The van der Waals surface area contributed by atoms with Crippen molar-refractivity contribution in [2.75, 3.05) is 17.2 Å². The van der Waals surface area contributed by atoms with Crippen LogP contribution in [0, 0.1) is 0 Å². The smallest absolute Gasteiger partial charge is 0.376 e. The molecule has 0 aliphatic rings. The number of hydrazone groups is 1. The Bertz CT molecular complexity index is 1000.